The molecule has 0 aliphatic rings. The van der Waals surface area contributed by atoms with E-state index in [0.717, 1.165) is 22.8 Å². The Morgan fingerprint density at radius 2 is 1.86 bits per heavy atom. The largest absolute Gasteiger partial charge is 0.307 e. The molecular formula is C16H19N5. The highest BCUT2D eigenvalue weighted by Crippen LogP contribution is 2.24. The molecule has 1 N–H and O–H groups in total. The van der Waals surface area contributed by atoms with Crippen LogP contribution in [0.3, 0.4) is 0 Å². The Morgan fingerprint density at radius 1 is 1.10 bits per heavy atom. The molecule has 0 fully saturated rings. The first-order valence-corrected chi connectivity index (χ1v) is 6.98. The van der Waals surface area contributed by atoms with Crippen molar-refractivity contribution >= 4 is 0 Å². The summed E-state index contributed by atoms with van der Waals surface area (Å²) in [6, 6.07) is 14.3. The molecule has 3 aromatic rings. The molecule has 0 radical (unpaired) electrons. The first kappa shape index (κ1) is 13.6. The first-order chi connectivity index (χ1) is 10.2. The maximum absolute atomic E-state index is 4.46. The normalized spacial score (nSPS) is 12.5. The van der Waals surface area contributed by atoms with E-state index < -0.39 is 0 Å². The highest BCUT2D eigenvalue weighted by molar-refractivity contribution is 5.35. The van der Waals surface area contributed by atoms with Crippen molar-refractivity contribution < 1.29 is 0 Å². The molecule has 0 saturated carbocycles. The number of hydrogen-bond donors (Lipinski definition) is 1. The van der Waals surface area contributed by atoms with Crippen LogP contribution in [-0.2, 0) is 7.05 Å². The molecule has 108 valence electrons. The fourth-order valence-electron chi connectivity index (χ4n) is 2.67. The van der Waals surface area contributed by atoms with Crippen LogP contribution in [0.15, 0.2) is 48.7 Å². The van der Waals surface area contributed by atoms with Crippen molar-refractivity contribution in [1.82, 2.24) is 24.9 Å². The van der Waals surface area contributed by atoms with Crippen molar-refractivity contribution in [3.05, 3.63) is 65.7 Å². The Balaban J connectivity index is 2.07. The SMILES string of the molecule is CNC(c1cc(C)nn1C)c1ccnn1-c1ccccc1. The number of aryl methyl sites for hydroxylation is 2. The van der Waals surface area contributed by atoms with Crippen molar-refractivity contribution in [1.29, 1.82) is 0 Å². The summed E-state index contributed by atoms with van der Waals surface area (Å²) in [6.07, 6.45) is 1.83. The van der Waals surface area contributed by atoms with Gasteiger partial charge in [0.25, 0.3) is 0 Å². The molecular weight excluding hydrogens is 262 g/mol. The summed E-state index contributed by atoms with van der Waals surface area (Å²) < 4.78 is 3.88. The van der Waals surface area contributed by atoms with Gasteiger partial charge in [-0.1, -0.05) is 18.2 Å². The summed E-state index contributed by atoms with van der Waals surface area (Å²) in [5, 5.41) is 12.3. The third-order valence-corrected chi connectivity index (χ3v) is 3.59. The monoisotopic (exact) mass is 281 g/mol. The van der Waals surface area contributed by atoms with Crippen LogP contribution in [0, 0.1) is 6.92 Å². The smallest absolute Gasteiger partial charge is 0.0920 e. The second-order valence-electron chi connectivity index (χ2n) is 5.06. The standard InChI is InChI=1S/C16H19N5/c1-12-11-15(20(3)19-12)16(17-2)14-9-10-18-21(14)13-7-5-4-6-8-13/h4-11,16-17H,1-3H3. The maximum atomic E-state index is 4.46. The number of rotatable bonds is 4. The zero-order valence-corrected chi connectivity index (χ0v) is 12.5. The highest BCUT2D eigenvalue weighted by atomic mass is 15.3. The Kier molecular flexibility index (Phi) is 3.58. The number of aromatic nitrogens is 4. The first-order valence-electron chi connectivity index (χ1n) is 6.98. The molecule has 2 heterocycles. The van der Waals surface area contributed by atoms with E-state index in [1.54, 1.807) is 0 Å². The summed E-state index contributed by atoms with van der Waals surface area (Å²) in [6.45, 7) is 2.00. The molecule has 1 atom stereocenters. The summed E-state index contributed by atoms with van der Waals surface area (Å²) in [7, 11) is 3.92. The van der Waals surface area contributed by atoms with Crippen LogP contribution in [0.1, 0.15) is 23.1 Å². The van der Waals surface area contributed by atoms with E-state index in [4.69, 9.17) is 0 Å². The second kappa shape index (κ2) is 5.54. The second-order valence-corrected chi connectivity index (χ2v) is 5.06. The summed E-state index contributed by atoms with van der Waals surface area (Å²) in [4.78, 5) is 0. The lowest BCUT2D eigenvalue weighted by atomic mass is 10.1. The summed E-state index contributed by atoms with van der Waals surface area (Å²) >= 11 is 0. The van der Waals surface area contributed by atoms with Gasteiger partial charge in [0.2, 0.25) is 0 Å². The van der Waals surface area contributed by atoms with Gasteiger partial charge >= 0.3 is 0 Å². The van der Waals surface area contributed by atoms with Gasteiger partial charge in [-0.25, -0.2) is 4.68 Å². The fourth-order valence-corrected chi connectivity index (χ4v) is 2.67. The molecule has 0 bridgehead atoms. The van der Waals surface area contributed by atoms with Crippen LogP contribution in [0.4, 0.5) is 0 Å². The predicted octanol–water partition coefficient (Wildman–Crippen LogP) is 2.22. The van der Waals surface area contributed by atoms with Gasteiger partial charge in [0, 0.05) is 13.2 Å². The third kappa shape index (κ3) is 2.48. The van der Waals surface area contributed by atoms with Gasteiger partial charge in [0.15, 0.2) is 0 Å². The Hall–Kier alpha value is -2.40. The van der Waals surface area contributed by atoms with Crippen LogP contribution < -0.4 is 5.32 Å². The molecule has 2 aromatic heterocycles. The van der Waals surface area contributed by atoms with Gasteiger partial charge in [0.1, 0.15) is 0 Å². The van der Waals surface area contributed by atoms with Gasteiger partial charge in [-0.15, -0.1) is 0 Å². The zero-order chi connectivity index (χ0) is 14.8. The molecule has 21 heavy (non-hydrogen) atoms. The third-order valence-electron chi connectivity index (χ3n) is 3.59. The van der Waals surface area contributed by atoms with Crippen LogP contribution in [-0.4, -0.2) is 26.6 Å². The molecule has 3 rings (SSSR count). The molecule has 1 unspecified atom stereocenters. The maximum Gasteiger partial charge on any atom is 0.0920 e. The minimum absolute atomic E-state index is 0.0407. The Bertz CT molecular complexity index is 726. The minimum atomic E-state index is 0.0407. The van der Waals surface area contributed by atoms with Gasteiger partial charge < -0.3 is 5.32 Å². The predicted molar refractivity (Wildman–Crippen MR) is 82.4 cm³/mol. The van der Waals surface area contributed by atoms with Crippen LogP contribution in [0.25, 0.3) is 5.69 Å². The van der Waals surface area contributed by atoms with E-state index in [2.05, 4.69) is 33.7 Å². The van der Waals surface area contributed by atoms with E-state index in [0.29, 0.717) is 0 Å². The lowest BCUT2D eigenvalue weighted by Crippen LogP contribution is -2.23. The number of benzene rings is 1. The topological polar surface area (TPSA) is 47.7 Å². The Labute approximate surface area is 124 Å². The summed E-state index contributed by atoms with van der Waals surface area (Å²) in [5.41, 5.74) is 4.27. The van der Waals surface area contributed by atoms with Gasteiger partial charge in [-0.05, 0) is 38.2 Å². The van der Waals surface area contributed by atoms with Crippen LogP contribution in [0.2, 0.25) is 0 Å². The lowest BCUT2D eigenvalue weighted by molar-refractivity contribution is 0.577. The molecule has 0 spiro atoms. The van der Waals surface area contributed by atoms with Crippen molar-refractivity contribution in [2.75, 3.05) is 7.05 Å². The van der Waals surface area contributed by atoms with Crippen molar-refractivity contribution in [3.63, 3.8) is 0 Å². The number of hydrogen-bond acceptors (Lipinski definition) is 3. The van der Waals surface area contributed by atoms with E-state index >= 15 is 0 Å². The molecule has 0 saturated heterocycles. The molecule has 5 nitrogen and oxygen atoms in total. The summed E-state index contributed by atoms with van der Waals surface area (Å²) in [5.74, 6) is 0. The van der Waals surface area contributed by atoms with Crippen molar-refractivity contribution in [3.8, 4) is 5.69 Å². The fraction of sp³-hybridized carbons (Fsp3) is 0.250. The minimum Gasteiger partial charge on any atom is -0.307 e. The van der Waals surface area contributed by atoms with Crippen molar-refractivity contribution in [2.24, 2.45) is 7.05 Å². The van der Waals surface area contributed by atoms with Gasteiger partial charge in [-0.2, -0.15) is 10.2 Å². The lowest BCUT2D eigenvalue weighted by Gasteiger charge is -2.18. The Morgan fingerprint density at radius 3 is 2.48 bits per heavy atom. The van der Waals surface area contributed by atoms with Crippen LogP contribution >= 0.6 is 0 Å². The molecule has 0 aliphatic carbocycles. The van der Waals surface area contributed by atoms with E-state index in [1.807, 2.05) is 60.8 Å². The molecule has 1 aromatic carbocycles. The quantitative estimate of drug-likeness (QED) is 0.797. The van der Waals surface area contributed by atoms with E-state index in [-0.39, 0.29) is 6.04 Å². The van der Waals surface area contributed by atoms with Crippen LogP contribution in [0.5, 0.6) is 0 Å². The van der Waals surface area contributed by atoms with E-state index in [1.165, 1.54) is 0 Å². The molecule has 5 heteroatoms. The van der Waals surface area contributed by atoms with Gasteiger partial charge in [-0.3, -0.25) is 4.68 Å². The van der Waals surface area contributed by atoms with Crippen molar-refractivity contribution in [2.45, 2.75) is 13.0 Å². The average Bonchev–Trinajstić information content (AvgIpc) is 3.09. The van der Waals surface area contributed by atoms with Gasteiger partial charge in [0.05, 0.1) is 28.8 Å². The molecule has 0 amide bonds. The zero-order valence-electron chi connectivity index (χ0n) is 12.5. The number of para-hydroxylation sites is 1. The highest BCUT2D eigenvalue weighted by Gasteiger charge is 2.20. The van der Waals surface area contributed by atoms with E-state index in [9.17, 15) is 0 Å². The number of nitrogens with one attached hydrogen (secondary N) is 1. The number of nitrogens with zero attached hydrogens (tertiary/aromatic N) is 4. The molecule has 0 aliphatic heterocycles. The average molecular weight is 281 g/mol.